The average Bonchev–Trinajstić information content (AvgIpc) is 2.65. The molecule has 1 aliphatic carbocycles. The van der Waals surface area contributed by atoms with Crippen molar-refractivity contribution in [2.75, 3.05) is 35.0 Å². The molecule has 0 saturated heterocycles. The number of hydrogen-bond acceptors (Lipinski definition) is 6. The number of benzene rings is 1. The molecule has 0 radical (unpaired) electrons. The van der Waals surface area contributed by atoms with Crippen molar-refractivity contribution in [3.8, 4) is 17.2 Å². The first kappa shape index (κ1) is 20.4. The predicted molar refractivity (Wildman–Crippen MR) is 106 cm³/mol. The summed E-state index contributed by atoms with van der Waals surface area (Å²) in [7, 11) is 6.41. The van der Waals surface area contributed by atoms with Crippen molar-refractivity contribution in [2.24, 2.45) is 5.92 Å². The maximum atomic E-state index is 12.3. The zero-order valence-electron chi connectivity index (χ0n) is 15.8. The van der Waals surface area contributed by atoms with Crippen LogP contribution in [0.2, 0.25) is 0 Å². The first-order valence-corrected chi connectivity index (χ1v) is 9.00. The van der Waals surface area contributed by atoms with Crippen molar-refractivity contribution in [1.82, 2.24) is 0 Å². The third kappa shape index (κ3) is 4.62. The van der Waals surface area contributed by atoms with Gasteiger partial charge in [0.05, 0.1) is 21.3 Å². The molecule has 1 aromatic carbocycles. The molecule has 2 rings (SSSR count). The van der Waals surface area contributed by atoms with Crippen LogP contribution >= 0.6 is 12.2 Å². The van der Waals surface area contributed by atoms with Crippen molar-refractivity contribution in [2.45, 2.75) is 25.7 Å². The topological polar surface area (TPSA) is 54.0 Å². The Hall–Kier alpha value is -1.92. The van der Waals surface area contributed by atoms with E-state index in [4.69, 9.17) is 31.2 Å². The van der Waals surface area contributed by atoms with E-state index in [9.17, 15) is 4.79 Å². The van der Waals surface area contributed by atoms with Gasteiger partial charge >= 0.3 is 0 Å². The summed E-state index contributed by atoms with van der Waals surface area (Å²) in [6.07, 6.45) is 4.29. The quantitative estimate of drug-likeness (QED) is 0.672. The Kier molecular flexibility index (Phi) is 7.60. The first-order chi connectivity index (χ1) is 12.5. The van der Waals surface area contributed by atoms with E-state index in [2.05, 4.69) is 0 Å². The van der Waals surface area contributed by atoms with Gasteiger partial charge in [-0.15, -0.1) is 0 Å². The van der Waals surface area contributed by atoms with Crippen molar-refractivity contribution in [1.29, 1.82) is 0 Å². The van der Waals surface area contributed by atoms with Gasteiger partial charge in [0.2, 0.25) is 5.75 Å². The minimum Gasteiger partial charge on any atom is -0.493 e. The summed E-state index contributed by atoms with van der Waals surface area (Å²) < 4.78 is 21.7. The highest BCUT2D eigenvalue weighted by atomic mass is 32.1. The zero-order valence-corrected chi connectivity index (χ0v) is 16.6. The van der Waals surface area contributed by atoms with E-state index in [-0.39, 0.29) is 11.7 Å². The summed E-state index contributed by atoms with van der Waals surface area (Å²) in [5, 5.41) is 0. The maximum Gasteiger partial charge on any atom is 0.203 e. The number of carbonyl (C=O) groups excluding carboxylic acids is 1. The highest BCUT2D eigenvalue weighted by molar-refractivity contribution is 7.80. The SMILES string of the molecule is COCCC1CC(c2ccc(OC)c(OC)c2OC)=CC(=O)CCC1=S. The van der Waals surface area contributed by atoms with Crippen LogP contribution in [0.15, 0.2) is 18.2 Å². The van der Waals surface area contributed by atoms with Crippen LogP contribution in [0.3, 0.4) is 0 Å². The molecule has 1 aliphatic rings. The number of methoxy groups -OCH3 is 4. The lowest BCUT2D eigenvalue weighted by atomic mass is 9.84. The smallest absolute Gasteiger partial charge is 0.203 e. The normalized spacial score (nSPS) is 18.0. The highest BCUT2D eigenvalue weighted by Crippen LogP contribution is 2.44. The second-order valence-corrected chi connectivity index (χ2v) is 6.69. The van der Waals surface area contributed by atoms with Crippen LogP contribution in [-0.2, 0) is 9.53 Å². The fourth-order valence-electron chi connectivity index (χ4n) is 3.22. The molecule has 6 heteroatoms. The van der Waals surface area contributed by atoms with Crippen LogP contribution in [0, 0.1) is 5.92 Å². The molecule has 26 heavy (non-hydrogen) atoms. The van der Waals surface area contributed by atoms with Gasteiger partial charge in [0, 0.05) is 25.7 Å². The van der Waals surface area contributed by atoms with Crippen molar-refractivity contribution in [3.63, 3.8) is 0 Å². The molecule has 0 amide bonds. The largest absolute Gasteiger partial charge is 0.493 e. The summed E-state index contributed by atoms with van der Waals surface area (Å²) in [5.41, 5.74) is 1.72. The fourth-order valence-corrected chi connectivity index (χ4v) is 3.52. The molecule has 0 fully saturated rings. The van der Waals surface area contributed by atoms with Gasteiger partial charge in [-0.3, -0.25) is 4.79 Å². The Bertz CT molecular complexity index is 696. The monoisotopic (exact) mass is 378 g/mol. The minimum atomic E-state index is 0.0735. The predicted octanol–water partition coefficient (Wildman–Crippen LogP) is 3.87. The number of hydrogen-bond donors (Lipinski definition) is 0. The van der Waals surface area contributed by atoms with Crippen LogP contribution in [0.5, 0.6) is 17.2 Å². The van der Waals surface area contributed by atoms with Gasteiger partial charge in [0.15, 0.2) is 17.3 Å². The van der Waals surface area contributed by atoms with Crippen LogP contribution < -0.4 is 14.2 Å². The third-order valence-electron chi connectivity index (χ3n) is 4.60. The van der Waals surface area contributed by atoms with Crippen LogP contribution in [0.4, 0.5) is 0 Å². The Morgan fingerprint density at radius 3 is 2.38 bits per heavy atom. The average molecular weight is 378 g/mol. The van der Waals surface area contributed by atoms with Crippen molar-refractivity contribution in [3.05, 3.63) is 23.8 Å². The second kappa shape index (κ2) is 9.69. The summed E-state index contributed by atoms with van der Waals surface area (Å²) in [5.74, 6) is 1.91. The Labute approximate surface area is 160 Å². The van der Waals surface area contributed by atoms with Crippen LogP contribution in [-0.4, -0.2) is 45.7 Å². The third-order valence-corrected chi connectivity index (χ3v) is 5.13. The molecule has 0 N–H and O–H groups in total. The van der Waals surface area contributed by atoms with E-state index >= 15 is 0 Å². The van der Waals surface area contributed by atoms with E-state index in [1.54, 1.807) is 34.5 Å². The number of ketones is 1. The van der Waals surface area contributed by atoms with E-state index < -0.39 is 0 Å². The molecule has 1 atom stereocenters. The highest BCUT2D eigenvalue weighted by Gasteiger charge is 2.25. The number of ether oxygens (including phenoxy) is 4. The van der Waals surface area contributed by atoms with Gasteiger partial charge in [-0.05, 0) is 53.8 Å². The van der Waals surface area contributed by atoms with Gasteiger partial charge in [-0.1, -0.05) is 12.2 Å². The van der Waals surface area contributed by atoms with E-state index in [1.807, 2.05) is 12.1 Å². The van der Waals surface area contributed by atoms with Gasteiger partial charge in [-0.2, -0.15) is 0 Å². The molecule has 0 heterocycles. The van der Waals surface area contributed by atoms with Crippen molar-refractivity contribution >= 4 is 28.4 Å². The molecule has 0 saturated carbocycles. The van der Waals surface area contributed by atoms with Crippen LogP contribution in [0.25, 0.3) is 5.57 Å². The number of rotatable bonds is 7. The molecule has 0 bridgehead atoms. The lowest BCUT2D eigenvalue weighted by molar-refractivity contribution is -0.114. The van der Waals surface area contributed by atoms with E-state index in [0.29, 0.717) is 43.1 Å². The van der Waals surface area contributed by atoms with Crippen molar-refractivity contribution < 1.29 is 23.7 Å². The molecule has 0 aliphatic heterocycles. The molecule has 5 nitrogen and oxygen atoms in total. The standard InChI is InChI=1S/C20H26O5S/c1-22-10-9-13-11-14(12-15(21)5-8-18(13)26)16-6-7-17(23-2)20(25-4)19(16)24-3/h6-7,12-13H,5,8-11H2,1-4H3. The minimum absolute atomic E-state index is 0.0735. The van der Waals surface area contributed by atoms with Gasteiger partial charge in [-0.25, -0.2) is 0 Å². The summed E-state index contributed by atoms with van der Waals surface area (Å²) in [4.78, 5) is 13.2. The second-order valence-electron chi connectivity index (χ2n) is 6.17. The summed E-state index contributed by atoms with van der Waals surface area (Å²) >= 11 is 5.58. The number of thiocarbonyl (C=S) groups is 1. The molecular formula is C20H26O5S. The van der Waals surface area contributed by atoms with Gasteiger partial charge < -0.3 is 18.9 Å². The van der Waals surface area contributed by atoms with E-state index in [0.717, 1.165) is 22.4 Å². The molecule has 1 unspecified atom stereocenters. The fraction of sp³-hybridized carbons (Fsp3) is 0.500. The molecule has 142 valence electrons. The summed E-state index contributed by atoms with van der Waals surface area (Å²) in [6, 6.07) is 3.72. The van der Waals surface area contributed by atoms with Crippen LogP contribution in [0.1, 0.15) is 31.2 Å². The number of allylic oxidation sites excluding steroid dienone is 2. The van der Waals surface area contributed by atoms with Gasteiger partial charge in [0.1, 0.15) is 0 Å². The molecule has 1 aromatic rings. The first-order valence-electron chi connectivity index (χ1n) is 8.60. The zero-order chi connectivity index (χ0) is 19.1. The lowest BCUT2D eigenvalue weighted by Crippen LogP contribution is -2.19. The van der Waals surface area contributed by atoms with Gasteiger partial charge in [0.25, 0.3) is 0 Å². The maximum absolute atomic E-state index is 12.3. The Balaban J connectivity index is 2.50. The van der Waals surface area contributed by atoms with E-state index in [1.165, 1.54) is 0 Å². The molecule has 0 aromatic heterocycles. The molecular weight excluding hydrogens is 352 g/mol. The Morgan fingerprint density at radius 1 is 1.04 bits per heavy atom. The molecule has 0 spiro atoms. The lowest BCUT2D eigenvalue weighted by Gasteiger charge is -2.24. The number of carbonyl (C=O) groups is 1. The Morgan fingerprint density at radius 2 is 1.77 bits per heavy atom. The summed E-state index contributed by atoms with van der Waals surface area (Å²) in [6.45, 7) is 0.634.